The van der Waals surface area contributed by atoms with Crippen molar-refractivity contribution in [2.45, 2.75) is 19.6 Å². The van der Waals surface area contributed by atoms with Crippen molar-refractivity contribution in [1.29, 1.82) is 0 Å². The zero-order chi connectivity index (χ0) is 17.7. The molecule has 0 aliphatic carbocycles. The third-order valence-electron chi connectivity index (χ3n) is 3.42. The third-order valence-corrected chi connectivity index (χ3v) is 5.42. The van der Waals surface area contributed by atoms with E-state index in [1.165, 1.54) is 0 Å². The first-order chi connectivity index (χ1) is 11.2. The number of sulfonamides is 1. The summed E-state index contributed by atoms with van der Waals surface area (Å²) in [5.74, 6) is -0.545. The molecule has 0 aliphatic heterocycles. The maximum Gasteiger partial charge on any atom is 0.239 e. The van der Waals surface area contributed by atoms with E-state index >= 15 is 0 Å². The highest BCUT2D eigenvalue weighted by atomic mass is 127. The number of hydrogen-bond donors (Lipinski definition) is 2. The number of amides is 1. The largest absolute Gasteiger partial charge is 0.325 e. The topological polar surface area (TPSA) is 75.3 Å². The molecule has 0 saturated carbocycles. The summed E-state index contributed by atoms with van der Waals surface area (Å²) in [7, 11) is -3.58. The van der Waals surface area contributed by atoms with Crippen molar-refractivity contribution in [2.24, 2.45) is 0 Å². The average Bonchev–Trinajstić information content (AvgIpc) is 2.51. The number of benzene rings is 2. The fraction of sp³-hybridized carbons (Fsp3) is 0.235. The minimum Gasteiger partial charge on any atom is -0.325 e. The molecule has 1 amide bonds. The van der Waals surface area contributed by atoms with E-state index in [1.807, 2.05) is 38.1 Å². The summed E-state index contributed by atoms with van der Waals surface area (Å²) in [4.78, 5) is 11.9. The number of anilines is 1. The molecule has 5 nitrogen and oxygen atoms in total. The van der Waals surface area contributed by atoms with Gasteiger partial charge in [0.05, 0.1) is 12.3 Å². The molecule has 0 fully saturated rings. The molecule has 2 aromatic carbocycles. The maximum atomic E-state index is 12.1. The van der Waals surface area contributed by atoms with Gasteiger partial charge in [-0.1, -0.05) is 23.8 Å². The van der Waals surface area contributed by atoms with E-state index in [2.05, 4.69) is 32.6 Å². The van der Waals surface area contributed by atoms with Crippen LogP contribution in [0.15, 0.2) is 42.5 Å². The van der Waals surface area contributed by atoms with Gasteiger partial charge in [0.25, 0.3) is 0 Å². The van der Waals surface area contributed by atoms with Crippen LogP contribution in [0.3, 0.4) is 0 Å². The highest BCUT2D eigenvalue weighted by Crippen LogP contribution is 2.13. The molecule has 2 N–H and O–H groups in total. The first-order valence-corrected chi connectivity index (χ1v) is 10.1. The Morgan fingerprint density at radius 1 is 1.08 bits per heavy atom. The zero-order valence-electron chi connectivity index (χ0n) is 13.5. The molecular formula is C17H19IN2O3S. The van der Waals surface area contributed by atoms with E-state index in [9.17, 15) is 13.2 Å². The molecule has 0 spiro atoms. The Bertz CT molecular complexity index is 833. The van der Waals surface area contributed by atoms with Gasteiger partial charge in [0.1, 0.15) is 0 Å². The van der Waals surface area contributed by atoms with Gasteiger partial charge in [-0.15, -0.1) is 0 Å². The molecule has 2 aromatic rings. The van der Waals surface area contributed by atoms with Gasteiger partial charge in [-0.05, 0) is 71.8 Å². The van der Waals surface area contributed by atoms with Crippen LogP contribution < -0.4 is 10.0 Å². The lowest BCUT2D eigenvalue weighted by molar-refractivity contribution is -0.115. The van der Waals surface area contributed by atoms with Crippen LogP contribution in [-0.4, -0.2) is 20.9 Å². The van der Waals surface area contributed by atoms with Gasteiger partial charge in [-0.25, -0.2) is 13.1 Å². The molecule has 0 aromatic heterocycles. The fourth-order valence-electron chi connectivity index (χ4n) is 2.18. The molecule has 0 atom stereocenters. The van der Waals surface area contributed by atoms with Gasteiger partial charge in [-0.2, -0.15) is 0 Å². The predicted molar refractivity (Wildman–Crippen MR) is 104 cm³/mol. The smallest absolute Gasteiger partial charge is 0.239 e. The van der Waals surface area contributed by atoms with Crippen molar-refractivity contribution >= 4 is 44.2 Å². The number of hydrogen-bond acceptors (Lipinski definition) is 3. The summed E-state index contributed by atoms with van der Waals surface area (Å²) in [5, 5.41) is 2.66. The van der Waals surface area contributed by atoms with Crippen LogP contribution in [0.25, 0.3) is 0 Å². The van der Waals surface area contributed by atoms with E-state index in [1.54, 1.807) is 18.2 Å². The number of aryl methyl sites for hydroxylation is 2. The average molecular weight is 458 g/mol. The number of halogens is 1. The van der Waals surface area contributed by atoms with Crippen LogP contribution in [0.5, 0.6) is 0 Å². The minimum atomic E-state index is -3.58. The highest BCUT2D eigenvalue weighted by molar-refractivity contribution is 14.1. The Morgan fingerprint density at radius 3 is 2.38 bits per heavy atom. The molecule has 24 heavy (non-hydrogen) atoms. The van der Waals surface area contributed by atoms with Gasteiger partial charge in [0.2, 0.25) is 15.9 Å². The summed E-state index contributed by atoms with van der Waals surface area (Å²) >= 11 is 2.17. The number of carbonyl (C=O) groups is 1. The molecule has 128 valence electrons. The Labute approximate surface area is 156 Å². The summed E-state index contributed by atoms with van der Waals surface area (Å²) < 4.78 is 27.7. The highest BCUT2D eigenvalue weighted by Gasteiger charge is 2.15. The first-order valence-electron chi connectivity index (χ1n) is 7.34. The van der Waals surface area contributed by atoms with Gasteiger partial charge in [0, 0.05) is 9.26 Å². The normalized spacial score (nSPS) is 11.3. The second-order valence-corrected chi connectivity index (χ2v) is 8.62. The van der Waals surface area contributed by atoms with Crippen LogP contribution >= 0.6 is 22.6 Å². The van der Waals surface area contributed by atoms with Crippen LogP contribution in [0.4, 0.5) is 5.69 Å². The van der Waals surface area contributed by atoms with Crippen LogP contribution in [0.2, 0.25) is 0 Å². The van der Waals surface area contributed by atoms with E-state index in [4.69, 9.17) is 0 Å². The van der Waals surface area contributed by atoms with E-state index < -0.39 is 15.9 Å². The maximum absolute atomic E-state index is 12.1. The van der Waals surface area contributed by atoms with Gasteiger partial charge in [0.15, 0.2) is 0 Å². The SMILES string of the molecule is Cc1ccc(CS(=O)(=O)NCC(=O)Nc2ccc(I)cc2)c(C)c1. The van der Waals surface area contributed by atoms with E-state index in [-0.39, 0.29) is 12.3 Å². The zero-order valence-corrected chi connectivity index (χ0v) is 16.4. The predicted octanol–water partition coefficient (Wildman–Crippen LogP) is 2.97. The van der Waals surface area contributed by atoms with Crippen LogP contribution in [-0.2, 0) is 20.6 Å². The molecule has 0 heterocycles. The van der Waals surface area contributed by atoms with Crippen molar-refractivity contribution in [3.63, 3.8) is 0 Å². The molecule has 2 rings (SSSR count). The second kappa shape index (κ2) is 8.09. The molecule has 0 saturated heterocycles. The Morgan fingerprint density at radius 2 is 1.75 bits per heavy atom. The summed E-state index contributed by atoms with van der Waals surface area (Å²) in [6.45, 7) is 3.54. The van der Waals surface area contributed by atoms with Crippen molar-refractivity contribution in [3.8, 4) is 0 Å². The lowest BCUT2D eigenvalue weighted by atomic mass is 10.1. The van der Waals surface area contributed by atoms with Crippen molar-refractivity contribution in [3.05, 3.63) is 62.7 Å². The van der Waals surface area contributed by atoms with Gasteiger partial charge >= 0.3 is 0 Å². The quantitative estimate of drug-likeness (QED) is 0.654. The summed E-state index contributed by atoms with van der Waals surface area (Å²) in [5.41, 5.74) is 3.36. The standard InChI is InChI=1S/C17H19IN2O3S/c1-12-3-4-14(13(2)9-12)11-24(22,23)19-10-17(21)20-16-7-5-15(18)6-8-16/h3-9,19H,10-11H2,1-2H3,(H,20,21). The molecular weight excluding hydrogens is 439 g/mol. The van der Waals surface area contributed by atoms with Crippen molar-refractivity contribution < 1.29 is 13.2 Å². The lowest BCUT2D eigenvalue weighted by Gasteiger charge is -2.10. The molecule has 0 aliphatic rings. The Kier molecular flexibility index (Phi) is 6.36. The number of carbonyl (C=O) groups excluding carboxylic acids is 1. The molecule has 0 radical (unpaired) electrons. The van der Waals surface area contributed by atoms with Crippen LogP contribution in [0, 0.1) is 17.4 Å². The Balaban J connectivity index is 1.92. The number of nitrogens with one attached hydrogen (secondary N) is 2. The molecule has 0 unspecified atom stereocenters. The monoisotopic (exact) mass is 458 g/mol. The van der Waals surface area contributed by atoms with Crippen molar-refractivity contribution in [2.75, 3.05) is 11.9 Å². The fourth-order valence-corrected chi connectivity index (χ4v) is 3.72. The number of rotatable bonds is 6. The first kappa shape index (κ1) is 18.9. The van der Waals surface area contributed by atoms with E-state index in [0.717, 1.165) is 20.3 Å². The summed E-state index contributed by atoms with van der Waals surface area (Å²) in [6.07, 6.45) is 0. The Hall–Kier alpha value is -1.45. The summed E-state index contributed by atoms with van der Waals surface area (Å²) in [6, 6.07) is 12.9. The minimum absolute atomic E-state index is 0.143. The van der Waals surface area contributed by atoms with E-state index in [0.29, 0.717) is 5.69 Å². The molecule has 7 heteroatoms. The van der Waals surface area contributed by atoms with Gasteiger partial charge < -0.3 is 5.32 Å². The third kappa shape index (κ3) is 5.88. The lowest BCUT2D eigenvalue weighted by Crippen LogP contribution is -2.33. The van der Waals surface area contributed by atoms with Gasteiger partial charge in [-0.3, -0.25) is 4.79 Å². The van der Waals surface area contributed by atoms with Crippen molar-refractivity contribution in [1.82, 2.24) is 4.72 Å². The van der Waals surface area contributed by atoms with Crippen LogP contribution in [0.1, 0.15) is 16.7 Å². The molecule has 0 bridgehead atoms. The second-order valence-electron chi connectivity index (χ2n) is 5.57.